The van der Waals surface area contributed by atoms with Gasteiger partial charge in [0, 0.05) is 64.4 Å². The second kappa shape index (κ2) is 11.7. The zero-order valence-electron chi connectivity index (χ0n) is 19.2. The zero-order chi connectivity index (χ0) is 22.0. The molecule has 30 heavy (non-hydrogen) atoms. The minimum absolute atomic E-state index is 0.0465. The van der Waals surface area contributed by atoms with Crippen molar-refractivity contribution in [2.75, 3.05) is 72.2 Å². The number of nitrogens with zero attached hydrogens (tertiary/aromatic N) is 3. The topological polar surface area (TPSA) is 98.7 Å². The van der Waals surface area contributed by atoms with Crippen LogP contribution >= 0.6 is 0 Å². The molecule has 0 saturated carbocycles. The van der Waals surface area contributed by atoms with Gasteiger partial charge in [-0.15, -0.1) is 0 Å². The third kappa shape index (κ3) is 8.28. The molecule has 0 radical (unpaired) electrons. The zero-order valence-corrected chi connectivity index (χ0v) is 19.2. The second-order valence-corrected chi connectivity index (χ2v) is 9.21. The third-order valence-electron chi connectivity index (χ3n) is 5.49. The maximum absolute atomic E-state index is 12.2. The summed E-state index contributed by atoms with van der Waals surface area (Å²) in [4.78, 5) is 21.1. The Kier molecular flexibility index (Phi) is 9.64. The van der Waals surface area contributed by atoms with Gasteiger partial charge in [0.05, 0.1) is 13.2 Å². The van der Waals surface area contributed by atoms with E-state index in [4.69, 9.17) is 14.5 Å². The minimum atomic E-state index is -0.458. The Labute approximate surface area is 181 Å². The van der Waals surface area contributed by atoms with E-state index < -0.39 is 5.60 Å². The Hall–Kier alpha value is -1.58. The largest absolute Gasteiger partial charge is 0.444 e. The fourth-order valence-electron chi connectivity index (χ4n) is 3.69. The lowest BCUT2D eigenvalue weighted by atomic mass is 9.84. The van der Waals surface area contributed by atoms with Crippen molar-refractivity contribution < 1.29 is 19.4 Å². The number of guanidine groups is 1. The van der Waals surface area contributed by atoms with Crippen molar-refractivity contribution in [1.29, 1.82) is 0 Å². The van der Waals surface area contributed by atoms with Crippen molar-refractivity contribution in [2.45, 2.75) is 46.1 Å². The first-order valence-corrected chi connectivity index (χ1v) is 11.2. The normalized spacial score (nSPS) is 23.5. The Morgan fingerprint density at radius 1 is 1.23 bits per heavy atom. The van der Waals surface area contributed by atoms with E-state index in [1.165, 1.54) is 0 Å². The summed E-state index contributed by atoms with van der Waals surface area (Å²) in [5, 5.41) is 16.1. The molecule has 0 aromatic heterocycles. The van der Waals surface area contributed by atoms with Crippen molar-refractivity contribution in [1.82, 2.24) is 20.4 Å². The minimum Gasteiger partial charge on any atom is -0.444 e. The number of nitrogens with one attached hydrogen (secondary N) is 2. The molecular formula is C21H41N5O4. The maximum atomic E-state index is 12.2. The van der Waals surface area contributed by atoms with Crippen molar-refractivity contribution in [3.8, 4) is 0 Å². The summed E-state index contributed by atoms with van der Waals surface area (Å²) in [5.41, 5.74) is -0.504. The van der Waals surface area contributed by atoms with Gasteiger partial charge in [-0.3, -0.25) is 9.89 Å². The average Bonchev–Trinajstić information content (AvgIpc) is 3.14. The predicted octanol–water partition coefficient (Wildman–Crippen LogP) is 0.883. The number of rotatable bonds is 8. The Morgan fingerprint density at radius 3 is 2.53 bits per heavy atom. The number of aliphatic imine (C=N–C) groups is 1. The maximum Gasteiger partial charge on any atom is 0.410 e. The van der Waals surface area contributed by atoms with Gasteiger partial charge in [0.2, 0.25) is 0 Å². The summed E-state index contributed by atoms with van der Waals surface area (Å²) in [7, 11) is 0. The van der Waals surface area contributed by atoms with Gasteiger partial charge in [0.25, 0.3) is 0 Å². The summed E-state index contributed by atoms with van der Waals surface area (Å²) in [5.74, 6) is 0.800. The van der Waals surface area contributed by atoms with Gasteiger partial charge in [-0.05, 0) is 40.5 Å². The van der Waals surface area contributed by atoms with E-state index in [9.17, 15) is 9.90 Å². The number of hydrogen-bond acceptors (Lipinski definition) is 6. The van der Waals surface area contributed by atoms with Crippen LogP contribution in [0.25, 0.3) is 0 Å². The summed E-state index contributed by atoms with van der Waals surface area (Å²) < 4.78 is 11.0. The standard InChI is InChI=1S/C21H41N5O4/c1-5-22-18(24-16-21(6-14-27)7-15-29-17-21)23-8-9-25-10-12-26(13-11-25)19(28)30-20(2,3)4/h27H,5-17H2,1-4H3,(H2,22,23,24). The molecule has 0 aromatic rings. The molecule has 0 aromatic carbocycles. The van der Waals surface area contributed by atoms with Crippen LogP contribution < -0.4 is 10.6 Å². The SMILES string of the molecule is CCNC(=NCC1(CCO)CCOC1)NCCN1CCN(C(=O)OC(C)(C)C)CC1. The molecule has 2 aliphatic rings. The first-order valence-electron chi connectivity index (χ1n) is 11.2. The van der Waals surface area contributed by atoms with Gasteiger partial charge < -0.3 is 30.1 Å². The van der Waals surface area contributed by atoms with Crippen LogP contribution in [0.4, 0.5) is 4.79 Å². The molecule has 9 heteroatoms. The number of aliphatic hydroxyl groups is 1. The summed E-state index contributed by atoms with van der Waals surface area (Å²) in [6, 6.07) is 0. The highest BCUT2D eigenvalue weighted by molar-refractivity contribution is 5.79. The van der Waals surface area contributed by atoms with Gasteiger partial charge in [-0.25, -0.2) is 4.79 Å². The fraction of sp³-hybridized carbons (Fsp3) is 0.905. The summed E-state index contributed by atoms with van der Waals surface area (Å²) >= 11 is 0. The molecule has 1 unspecified atom stereocenters. The van der Waals surface area contributed by atoms with Gasteiger partial charge in [-0.1, -0.05) is 0 Å². The molecule has 2 fully saturated rings. The lowest BCUT2D eigenvalue weighted by Gasteiger charge is -2.35. The lowest BCUT2D eigenvalue weighted by molar-refractivity contribution is 0.0147. The Morgan fingerprint density at radius 2 is 1.97 bits per heavy atom. The fourth-order valence-corrected chi connectivity index (χ4v) is 3.69. The highest BCUT2D eigenvalue weighted by atomic mass is 16.6. The van der Waals surface area contributed by atoms with Crippen LogP contribution in [0.2, 0.25) is 0 Å². The monoisotopic (exact) mass is 427 g/mol. The van der Waals surface area contributed by atoms with E-state index in [0.717, 1.165) is 58.1 Å². The lowest BCUT2D eigenvalue weighted by Crippen LogP contribution is -2.51. The number of carbonyl (C=O) groups excluding carboxylic acids is 1. The molecule has 174 valence electrons. The van der Waals surface area contributed by atoms with E-state index in [0.29, 0.717) is 26.2 Å². The van der Waals surface area contributed by atoms with Crippen LogP contribution in [0.1, 0.15) is 40.5 Å². The van der Waals surface area contributed by atoms with Crippen molar-refractivity contribution in [3.63, 3.8) is 0 Å². The molecule has 2 saturated heterocycles. The van der Waals surface area contributed by atoms with Crippen LogP contribution in [0, 0.1) is 5.41 Å². The van der Waals surface area contributed by atoms with Crippen LogP contribution in [-0.4, -0.2) is 105 Å². The molecule has 9 nitrogen and oxygen atoms in total. The van der Waals surface area contributed by atoms with Gasteiger partial charge in [0.15, 0.2) is 5.96 Å². The molecule has 2 rings (SSSR count). The van der Waals surface area contributed by atoms with Crippen LogP contribution in [0.15, 0.2) is 4.99 Å². The Balaban J connectivity index is 1.74. The van der Waals surface area contributed by atoms with Crippen molar-refractivity contribution in [2.24, 2.45) is 10.4 Å². The predicted molar refractivity (Wildman–Crippen MR) is 118 cm³/mol. The number of amides is 1. The van der Waals surface area contributed by atoms with E-state index in [2.05, 4.69) is 22.5 Å². The highest BCUT2D eigenvalue weighted by Gasteiger charge is 2.34. The molecule has 0 aliphatic carbocycles. The summed E-state index contributed by atoms with van der Waals surface area (Å²) in [6.07, 6.45) is 1.44. The molecule has 2 heterocycles. The average molecular weight is 428 g/mol. The second-order valence-electron chi connectivity index (χ2n) is 9.21. The van der Waals surface area contributed by atoms with Crippen molar-refractivity contribution >= 4 is 12.1 Å². The first-order chi connectivity index (χ1) is 14.3. The molecule has 2 aliphatic heterocycles. The third-order valence-corrected chi connectivity index (χ3v) is 5.49. The van der Waals surface area contributed by atoms with Gasteiger partial charge in [-0.2, -0.15) is 0 Å². The van der Waals surface area contributed by atoms with E-state index in [1.807, 2.05) is 20.8 Å². The number of aliphatic hydroxyl groups excluding tert-OH is 1. The summed E-state index contributed by atoms with van der Waals surface area (Å²) in [6.45, 7) is 15.5. The smallest absolute Gasteiger partial charge is 0.410 e. The van der Waals surface area contributed by atoms with Crippen LogP contribution in [0.5, 0.6) is 0 Å². The number of piperazine rings is 1. The van der Waals surface area contributed by atoms with Crippen molar-refractivity contribution in [3.05, 3.63) is 0 Å². The van der Waals surface area contributed by atoms with Gasteiger partial charge in [0.1, 0.15) is 5.60 Å². The molecule has 1 atom stereocenters. The number of carbonyl (C=O) groups is 1. The van der Waals surface area contributed by atoms with E-state index in [1.54, 1.807) is 4.90 Å². The van der Waals surface area contributed by atoms with Crippen LogP contribution in [-0.2, 0) is 9.47 Å². The Bertz CT molecular complexity index is 550. The first kappa shape index (κ1) is 24.7. The van der Waals surface area contributed by atoms with E-state index >= 15 is 0 Å². The number of ether oxygens (including phenoxy) is 2. The van der Waals surface area contributed by atoms with Crippen LogP contribution in [0.3, 0.4) is 0 Å². The molecule has 0 spiro atoms. The molecule has 0 bridgehead atoms. The van der Waals surface area contributed by atoms with Gasteiger partial charge >= 0.3 is 6.09 Å². The molecular weight excluding hydrogens is 386 g/mol. The number of hydrogen-bond donors (Lipinski definition) is 3. The molecule has 1 amide bonds. The van der Waals surface area contributed by atoms with E-state index in [-0.39, 0.29) is 18.1 Å². The molecule has 3 N–H and O–H groups in total. The highest BCUT2D eigenvalue weighted by Crippen LogP contribution is 2.32. The quantitative estimate of drug-likeness (QED) is 0.391.